The van der Waals surface area contributed by atoms with Gasteiger partial charge < -0.3 is 4.74 Å². The highest BCUT2D eigenvalue weighted by atomic mass is 16.5. The molecule has 74 valence electrons. The van der Waals surface area contributed by atoms with Gasteiger partial charge in [0.2, 0.25) is 0 Å². The van der Waals surface area contributed by atoms with Crippen LogP contribution in [0.1, 0.15) is 39.0 Å². The minimum atomic E-state index is -0.196. The van der Waals surface area contributed by atoms with Gasteiger partial charge in [0.15, 0.2) is 5.78 Å². The molecule has 0 amide bonds. The van der Waals surface area contributed by atoms with Crippen LogP contribution in [0.3, 0.4) is 0 Å². The molecule has 2 fully saturated rings. The van der Waals surface area contributed by atoms with Crippen LogP contribution in [0.25, 0.3) is 0 Å². The molecule has 0 aromatic heterocycles. The second kappa shape index (κ2) is 3.39. The van der Waals surface area contributed by atoms with Crippen molar-refractivity contribution in [2.24, 2.45) is 0 Å². The number of hydrogen-bond acceptors (Lipinski definition) is 3. The van der Waals surface area contributed by atoms with Gasteiger partial charge >= 0.3 is 0 Å². The number of ketones is 1. The third-order valence-corrected chi connectivity index (χ3v) is 3.09. The van der Waals surface area contributed by atoms with Gasteiger partial charge in [-0.25, -0.2) is 0 Å². The summed E-state index contributed by atoms with van der Waals surface area (Å²) in [5.41, 5.74) is -0.144. The van der Waals surface area contributed by atoms with E-state index in [2.05, 4.69) is 5.32 Å². The lowest BCUT2D eigenvalue weighted by atomic mass is 9.92. The highest BCUT2D eigenvalue weighted by Crippen LogP contribution is 2.33. The van der Waals surface area contributed by atoms with Gasteiger partial charge in [0.05, 0.1) is 0 Å². The molecule has 13 heavy (non-hydrogen) atoms. The van der Waals surface area contributed by atoms with E-state index < -0.39 is 0 Å². The van der Waals surface area contributed by atoms with E-state index in [0.29, 0.717) is 6.54 Å². The molecule has 1 aliphatic carbocycles. The fourth-order valence-electron chi connectivity index (χ4n) is 2.28. The van der Waals surface area contributed by atoms with E-state index in [9.17, 15) is 4.79 Å². The first-order valence-corrected chi connectivity index (χ1v) is 5.15. The average Bonchev–Trinajstić information content (AvgIpc) is 2.51. The Balaban J connectivity index is 1.98. The molecule has 2 rings (SSSR count). The Hall–Kier alpha value is -0.410. The van der Waals surface area contributed by atoms with Crippen molar-refractivity contribution < 1.29 is 9.53 Å². The molecule has 1 saturated heterocycles. The van der Waals surface area contributed by atoms with Crippen molar-refractivity contribution in [3.8, 4) is 0 Å². The van der Waals surface area contributed by atoms with E-state index in [1.807, 2.05) is 0 Å². The maximum absolute atomic E-state index is 11.1. The number of carbonyl (C=O) groups is 1. The van der Waals surface area contributed by atoms with Gasteiger partial charge in [-0.2, -0.15) is 0 Å². The van der Waals surface area contributed by atoms with Crippen LogP contribution < -0.4 is 5.32 Å². The molecule has 0 aromatic rings. The highest BCUT2D eigenvalue weighted by Gasteiger charge is 2.41. The Kier molecular flexibility index (Phi) is 2.39. The molecule has 0 aromatic carbocycles. The number of carbonyl (C=O) groups excluding carboxylic acids is 1. The lowest BCUT2D eigenvalue weighted by molar-refractivity contribution is -0.135. The minimum absolute atomic E-state index is 0.144. The Morgan fingerprint density at radius 2 is 2.08 bits per heavy atom. The smallest absolute Gasteiger partial charge is 0.159 e. The zero-order valence-corrected chi connectivity index (χ0v) is 8.14. The van der Waals surface area contributed by atoms with Crippen molar-refractivity contribution in [2.45, 2.75) is 50.9 Å². The topological polar surface area (TPSA) is 38.3 Å². The first kappa shape index (κ1) is 9.16. The van der Waals surface area contributed by atoms with Crippen LogP contribution in [0, 0.1) is 0 Å². The van der Waals surface area contributed by atoms with Gasteiger partial charge in [0, 0.05) is 6.54 Å². The van der Waals surface area contributed by atoms with Crippen LogP contribution in [-0.4, -0.2) is 24.2 Å². The maximum atomic E-state index is 11.1. The molecule has 3 nitrogen and oxygen atoms in total. The Bertz CT molecular complexity index is 209. The van der Waals surface area contributed by atoms with E-state index in [0.717, 1.165) is 12.8 Å². The van der Waals surface area contributed by atoms with Gasteiger partial charge in [0.25, 0.3) is 0 Å². The predicted molar refractivity (Wildman–Crippen MR) is 49.4 cm³/mol. The molecule has 0 radical (unpaired) electrons. The van der Waals surface area contributed by atoms with Crippen LogP contribution in [0.2, 0.25) is 0 Å². The van der Waals surface area contributed by atoms with Crippen molar-refractivity contribution >= 4 is 5.78 Å². The molecule has 1 spiro atoms. The molecule has 2 aliphatic rings. The maximum Gasteiger partial charge on any atom is 0.159 e. The van der Waals surface area contributed by atoms with Crippen LogP contribution in [-0.2, 0) is 9.53 Å². The van der Waals surface area contributed by atoms with Gasteiger partial charge in [-0.05, 0) is 32.6 Å². The van der Waals surface area contributed by atoms with Crippen LogP contribution >= 0.6 is 0 Å². The molecule has 1 N–H and O–H groups in total. The Morgan fingerprint density at radius 1 is 1.38 bits per heavy atom. The third kappa shape index (κ3) is 1.76. The number of Topliss-reactive ketones (excluding diaryl/α,β-unsaturated/α-hetero) is 1. The fourth-order valence-corrected chi connectivity index (χ4v) is 2.28. The van der Waals surface area contributed by atoms with Crippen LogP contribution in [0.15, 0.2) is 0 Å². The summed E-state index contributed by atoms with van der Waals surface area (Å²) in [7, 11) is 0. The molecule has 1 atom stereocenters. The van der Waals surface area contributed by atoms with Gasteiger partial charge in [0.1, 0.15) is 11.8 Å². The number of ether oxygens (including phenoxy) is 1. The van der Waals surface area contributed by atoms with E-state index in [-0.39, 0.29) is 17.6 Å². The lowest BCUT2D eigenvalue weighted by Crippen LogP contribution is -2.42. The quantitative estimate of drug-likeness (QED) is 0.664. The monoisotopic (exact) mass is 183 g/mol. The normalized spacial score (nSPS) is 32.2. The van der Waals surface area contributed by atoms with Crippen LogP contribution in [0.5, 0.6) is 0 Å². The molecule has 1 unspecified atom stereocenters. The number of nitrogens with one attached hydrogen (secondary N) is 1. The second-order valence-corrected chi connectivity index (χ2v) is 4.15. The Morgan fingerprint density at radius 3 is 2.62 bits per heavy atom. The lowest BCUT2D eigenvalue weighted by Gasteiger charge is -2.32. The molecule has 1 saturated carbocycles. The molecule has 1 heterocycles. The van der Waals surface area contributed by atoms with Crippen molar-refractivity contribution in [1.82, 2.24) is 5.32 Å². The summed E-state index contributed by atoms with van der Waals surface area (Å²) in [5, 5.41) is 3.36. The number of rotatable bonds is 1. The zero-order valence-electron chi connectivity index (χ0n) is 8.14. The molecular weight excluding hydrogens is 166 g/mol. The SMILES string of the molecule is CC(=O)C1CNC2(CCCCC2)O1. The Labute approximate surface area is 78.8 Å². The van der Waals surface area contributed by atoms with Crippen molar-refractivity contribution in [3.63, 3.8) is 0 Å². The van der Waals surface area contributed by atoms with Gasteiger partial charge in [-0.1, -0.05) is 6.42 Å². The second-order valence-electron chi connectivity index (χ2n) is 4.15. The molecule has 1 aliphatic heterocycles. The first-order chi connectivity index (χ1) is 6.22. The zero-order chi connectivity index (χ0) is 9.31. The van der Waals surface area contributed by atoms with E-state index in [4.69, 9.17) is 4.74 Å². The highest BCUT2D eigenvalue weighted by molar-refractivity contribution is 5.81. The van der Waals surface area contributed by atoms with Gasteiger partial charge in [-0.15, -0.1) is 0 Å². The van der Waals surface area contributed by atoms with E-state index in [1.54, 1.807) is 6.92 Å². The molecule has 3 heteroatoms. The van der Waals surface area contributed by atoms with Crippen molar-refractivity contribution in [1.29, 1.82) is 0 Å². The molecular formula is C10H17NO2. The summed E-state index contributed by atoms with van der Waals surface area (Å²) >= 11 is 0. The largest absolute Gasteiger partial charge is 0.348 e. The van der Waals surface area contributed by atoms with Gasteiger partial charge in [-0.3, -0.25) is 10.1 Å². The van der Waals surface area contributed by atoms with E-state index in [1.165, 1.54) is 19.3 Å². The summed E-state index contributed by atoms with van der Waals surface area (Å²) in [5.74, 6) is 0.148. The van der Waals surface area contributed by atoms with Crippen molar-refractivity contribution in [2.75, 3.05) is 6.54 Å². The van der Waals surface area contributed by atoms with Crippen molar-refractivity contribution in [3.05, 3.63) is 0 Å². The predicted octanol–water partition coefficient (Wildman–Crippen LogP) is 1.22. The summed E-state index contributed by atoms with van der Waals surface area (Å²) in [4.78, 5) is 11.1. The standard InChI is InChI=1S/C10H17NO2/c1-8(12)9-7-11-10(13-9)5-3-2-4-6-10/h9,11H,2-7H2,1H3. The fraction of sp³-hybridized carbons (Fsp3) is 0.900. The summed E-state index contributed by atoms with van der Waals surface area (Å²) in [6, 6.07) is 0. The summed E-state index contributed by atoms with van der Waals surface area (Å²) < 4.78 is 5.79. The minimum Gasteiger partial charge on any atom is -0.348 e. The van der Waals surface area contributed by atoms with E-state index >= 15 is 0 Å². The average molecular weight is 183 g/mol. The first-order valence-electron chi connectivity index (χ1n) is 5.15. The van der Waals surface area contributed by atoms with Crippen LogP contribution in [0.4, 0.5) is 0 Å². The summed E-state index contributed by atoms with van der Waals surface area (Å²) in [6.07, 6.45) is 5.68. The molecule has 0 bridgehead atoms. The summed E-state index contributed by atoms with van der Waals surface area (Å²) in [6.45, 7) is 2.31. The third-order valence-electron chi connectivity index (χ3n) is 3.09. The number of hydrogen-bond donors (Lipinski definition) is 1.